The number of methoxy groups -OCH3 is 3. The lowest BCUT2D eigenvalue weighted by atomic mass is 10.1. The average molecular weight is 521 g/mol. The molecular formula is C27H32N6O5. The molecule has 1 fully saturated rings. The molecule has 0 aliphatic carbocycles. The van der Waals surface area contributed by atoms with E-state index in [1.54, 1.807) is 32.1 Å². The number of aromatic nitrogens is 5. The second-order valence-corrected chi connectivity index (χ2v) is 9.32. The van der Waals surface area contributed by atoms with Crippen molar-refractivity contribution in [2.45, 2.75) is 45.1 Å². The lowest BCUT2D eigenvalue weighted by Gasteiger charge is -2.22. The number of tetrazole rings is 1. The van der Waals surface area contributed by atoms with Gasteiger partial charge in [0, 0.05) is 36.7 Å². The number of hydrogen-bond donors (Lipinski definition) is 1. The van der Waals surface area contributed by atoms with Crippen molar-refractivity contribution in [2.24, 2.45) is 0 Å². The van der Waals surface area contributed by atoms with Gasteiger partial charge in [-0.2, -0.15) is 0 Å². The molecule has 11 heteroatoms. The number of rotatable bonds is 11. The Kier molecular flexibility index (Phi) is 7.85. The highest BCUT2D eigenvalue weighted by molar-refractivity contribution is 5.83. The van der Waals surface area contributed by atoms with E-state index in [-0.39, 0.29) is 11.7 Å². The number of pyridine rings is 1. The number of fused-ring (bicyclic) bond motifs is 1. The van der Waals surface area contributed by atoms with Gasteiger partial charge in [-0.3, -0.25) is 9.69 Å². The maximum Gasteiger partial charge on any atom is 0.252 e. The van der Waals surface area contributed by atoms with Crippen LogP contribution in [0.3, 0.4) is 0 Å². The zero-order valence-electron chi connectivity index (χ0n) is 21.8. The Hall–Kier alpha value is -3.96. The van der Waals surface area contributed by atoms with Gasteiger partial charge in [0.05, 0.1) is 46.0 Å². The molecule has 38 heavy (non-hydrogen) atoms. The Morgan fingerprint density at radius 3 is 2.53 bits per heavy atom. The van der Waals surface area contributed by atoms with Gasteiger partial charge in [-0.25, -0.2) is 4.68 Å². The van der Waals surface area contributed by atoms with E-state index in [4.69, 9.17) is 18.9 Å². The van der Waals surface area contributed by atoms with Crippen molar-refractivity contribution in [2.75, 3.05) is 27.9 Å². The number of hydrogen-bond acceptors (Lipinski definition) is 9. The van der Waals surface area contributed by atoms with E-state index in [9.17, 15) is 4.79 Å². The van der Waals surface area contributed by atoms with Crippen molar-refractivity contribution in [3.8, 4) is 17.2 Å². The fraction of sp³-hybridized carbons (Fsp3) is 0.407. The van der Waals surface area contributed by atoms with Crippen molar-refractivity contribution in [3.05, 3.63) is 69.8 Å². The monoisotopic (exact) mass is 520 g/mol. The molecule has 1 N–H and O–H groups in total. The van der Waals surface area contributed by atoms with E-state index in [1.165, 1.54) is 0 Å². The quantitative estimate of drug-likeness (QED) is 0.319. The number of benzene rings is 2. The molecule has 1 atom stereocenters. The summed E-state index contributed by atoms with van der Waals surface area (Å²) < 4.78 is 23.7. The van der Waals surface area contributed by atoms with Gasteiger partial charge in [0.15, 0.2) is 17.3 Å². The number of nitrogens with zero attached hydrogens (tertiary/aromatic N) is 5. The van der Waals surface area contributed by atoms with Crippen molar-refractivity contribution >= 4 is 10.9 Å². The van der Waals surface area contributed by atoms with Gasteiger partial charge in [0.2, 0.25) is 0 Å². The molecule has 5 rings (SSSR count). The van der Waals surface area contributed by atoms with Crippen LogP contribution in [0.4, 0.5) is 0 Å². The summed E-state index contributed by atoms with van der Waals surface area (Å²) in [5.41, 5.74) is 2.21. The van der Waals surface area contributed by atoms with Crippen molar-refractivity contribution in [1.82, 2.24) is 30.1 Å². The molecule has 11 nitrogen and oxygen atoms in total. The van der Waals surface area contributed by atoms with Crippen LogP contribution in [0, 0.1) is 0 Å². The summed E-state index contributed by atoms with van der Waals surface area (Å²) in [5.74, 6) is 2.66. The standard InChI is InChI=1S/C27H32N6O5/c1-35-21-8-6-18(7-9-21)14-32(17-26-29-30-31-33(26)16-22-5-4-10-38-22)15-20-11-19-12-24(36-2)25(37-3)13-23(19)28-27(20)34/h6-9,11-13,22H,4-5,10,14-17H2,1-3H3,(H,28,34). The fourth-order valence-electron chi connectivity index (χ4n) is 4.75. The summed E-state index contributed by atoms with van der Waals surface area (Å²) in [6.07, 6.45) is 2.16. The van der Waals surface area contributed by atoms with E-state index in [0.717, 1.165) is 42.0 Å². The zero-order valence-corrected chi connectivity index (χ0v) is 21.8. The second-order valence-electron chi connectivity index (χ2n) is 9.32. The molecule has 4 aromatic rings. The molecule has 2 aromatic heterocycles. The average Bonchev–Trinajstić information content (AvgIpc) is 3.61. The zero-order chi connectivity index (χ0) is 26.5. The Morgan fingerprint density at radius 1 is 1.03 bits per heavy atom. The second kappa shape index (κ2) is 11.6. The highest BCUT2D eigenvalue weighted by Gasteiger charge is 2.21. The molecule has 1 aliphatic heterocycles. The number of ether oxygens (including phenoxy) is 4. The maximum absolute atomic E-state index is 13.1. The first-order chi connectivity index (χ1) is 18.6. The third kappa shape index (κ3) is 5.79. The summed E-state index contributed by atoms with van der Waals surface area (Å²) in [7, 11) is 4.80. The minimum Gasteiger partial charge on any atom is -0.497 e. The number of H-pyrrole nitrogens is 1. The van der Waals surface area contributed by atoms with Crippen LogP contribution in [0.15, 0.2) is 47.3 Å². The van der Waals surface area contributed by atoms with E-state index in [0.29, 0.717) is 48.8 Å². The van der Waals surface area contributed by atoms with Crippen LogP contribution >= 0.6 is 0 Å². The molecule has 0 spiro atoms. The minimum atomic E-state index is -0.164. The summed E-state index contributed by atoms with van der Waals surface area (Å²) in [5, 5.41) is 13.3. The molecule has 0 bridgehead atoms. The van der Waals surface area contributed by atoms with Crippen LogP contribution in [-0.4, -0.2) is 64.1 Å². The lowest BCUT2D eigenvalue weighted by molar-refractivity contribution is 0.0914. The van der Waals surface area contributed by atoms with Crippen LogP contribution < -0.4 is 19.8 Å². The van der Waals surface area contributed by atoms with Crippen molar-refractivity contribution < 1.29 is 18.9 Å². The number of nitrogens with one attached hydrogen (secondary N) is 1. The molecule has 0 radical (unpaired) electrons. The molecular weight excluding hydrogens is 488 g/mol. The van der Waals surface area contributed by atoms with Crippen LogP contribution in [-0.2, 0) is 30.9 Å². The molecule has 2 aromatic carbocycles. The smallest absolute Gasteiger partial charge is 0.252 e. The fourth-order valence-corrected chi connectivity index (χ4v) is 4.75. The van der Waals surface area contributed by atoms with Gasteiger partial charge in [0.1, 0.15) is 5.75 Å². The molecule has 1 aliphatic rings. The molecule has 1 saturated heterocycles. The summed E-state index contributed by atoms with van der Waals surface area (Å²) in [4.78, 5) is 18.3. The minimum absolute atomic E-state index is 0.114. The Morgan fingerprint density at radius 2 is 1.82 bits per heavy atom. The van der Waals surface area contributed by atoms with Gasteiger partial charge in [-0.1, -0.05) is 12.1 Å². The molecule has 1 unspecified atom stereocenters. The molecule has 0 amide bonds. The molecule has 200 valence electrons. The Balaban J connectivity index is 1.44. The number of aromatic amines is 1. The van der Waals surface area contributed by atoms with Gasteiger partial charge in [-0.15, -0.1) is 5.10 Å². The third-order valence-corrected chi connectivity index (χ3v) is 6.76. The van der Waals surface area contributed by atoms with Crippen molar-refractivity contribution in [3.63, 3.8) is 0 Å². The predicted octanol–water partition coefficient (Wildman–Crippen LogP) is 2.92. The largest absolute Gasteiger partial charge is 0.497 e. The topological polar surface area (TPSA) is 117 Å². The van der Waals surface area contributed by atoms with Gasteiger partial charge < -0.3 is 23.9 Å². The highest BCUT2D eigenvalue weighted by atomic mass is 16.5. The predicted molar refractivity (Wildman–Crippen MR) is 140 cm³/mol. The molecule has 3 heterocycles. The van der Waals surface area contributed by atoms with Gasteiger partial charge in [-0.05, 0) is 53.1 Å². The summed E-state index contributed by atoms with van der Waals surface area (Å²) in [6, 6.07) is 13.4. The first-order valence-electron chi connectivity index (χ1n) is 12.6. The van der Waals surface area contributed by atoms with E-state index >= 15 is 0 Å². The van der Waals surface area contributed by atoms with E-state index in [2.05, 4.69) is 25.4 Å². The molecule has 0 saturated carbocycles. The first-order valence-corrected chi connectivity index (χ1v) is 12.6. The van der Waals surface area contributed by atoms with Crippen LogP contribution in [0.25, 0.3) is 10.9 Å². The van der Waals surface area contributed by atoms with Crippen LogP contribution in [0.2, 0.25) is 0 Å². The SMILES string of the molecule is COc1ccc(CN(Cc2cc3cc(OC)c(OC)cc3[nH]c2=O)Cc2nnnn2CC2CCCO2)cc1. The normalized spacial score (nSPS) is 15.3. The van der Waals surface area contributed by atoms with Crippen molar-refractivity contribution in [1.29, 1.82) is 0 Å². The van der Waals surface area contributed by atoms with E-state index < -0.39 is 0 Å². The maximum atomic E-state index is 13.1. The summed E-state index contributed by atoms with van der Waals surface area (Å²) in [6.45, 7) is 2.80. The Bertz CT molecular complexity index is 1430. The van der Waals surface area contributed by atoms with Gasteiger partial charge in [0.25, 0.3) is 5.56 Å². The highest BCUT2D eigenvalue weighted by Crippen LogP contribution is 2.31. The van der Waals surface area contributed by atoms with Crippen LogP contribution in [0.1, 0.15) is 29.8 Å². The third-order valence-electron chi connectivity index (χ3n) is 6.76. The van der Waals surface area contributed by atoms with Crippen LogP contribution in [0.5, 0.6) is 17.2 Å². The lowest BCUT2D eigenvalue weighted by Crippen LogP contribution is -2.29. The first kappa shape index (κ1) is 25.7. The Labute approximate surface area is 220 Å². The summed E-state index contributed by atoms with van der Waals surface area (Å²) >= 11 is 0. The van der Waals surface area contributed by atoms with E-state index in [1.807, 2.05) is 36.4 Å². The van der Waals surface area contributed by atoms with Gasteiger partial charge >= 0.3 is 0 Å².